The number of ether oxygens (including phenoxy) is 1. The van der Waals surface area contributed by atoms with Crippen LogP contribution in [0.25, 0.3) is 0 Å². The molecule has 2 rings (SSSR count). The Morgan fingerprint density at radius 3 is 2.57 bits per heavy atom. The number of hydrogen-bond donors (Lipinski definition) is 1. The molecule has 2 aromatic carbocycles. The van der Waals surface area contributed by atoms with E-state index in [4.69, 9.17) is 39.5 Å². The lowest BCUT2D eigenvalue weighted by atomic mass is 10.1. The number of nitrogens with one attached hydrogen (secondary N) is 1. The first-order chi connectivity index (χ1) is 9.93. The first kappa shape index (κ1) is 16.8. The van der Waals surface area contributed by atoms with Gasteiger partial charge < -0.3 is 10.1 Å². The highest BCUT2D eigenvalue weighted by molar-refractivity contribution is 9.10. The predicted molar refractivity (Wildman–Crippen MR) is 94.2 cm³/mol. The highest BCUT2D eigenvalue weighted by Crippen LogP contribution is 2.39. The van der Waals surface area contributed by atoms with Gasteiger partial charge in [0.05, 0.1) is 33.4 Å². The molecule has 0 aliphatic carbocycles. The molecule has 21 heavy (non-hydrogen) atoms. The predicted octanol–water partition coefficient (Wildman–Crippen LogP) is 6.59. The molecule has 0 fully saturated rings. The third-order valence-electron chi connectivity index (χ3n) is 3.03. The molecule has 1 atom stereocenters. The maximum Gasteiger partial charge on any atom is 0.156 e. The van der Waals surface area contributed by atoms with Gasteiger partial charge in [-0.3, -0.25) is 0 Å². The minimum atomic E-state index is -0.0598. The maximum absolute atomic E-state index is 6.25. The van der Waals surface area contributed by atoms with Crippen LogP contribution in [0.4, 0.5) is 5.69 Å². The van der Waals surface area contributed by atoms with E-state index in [-0.39, 0.29) is 6.04 Å². The van der Waals surface area contributed by atoms with Crippen LogP contribution in [0, 0.1) is 0 Å². The smallest absolute Gasteiger partial charge is 0.156 e. The first-order valence-corrected chi connectivity index (χ1v) is 8.10. The molecule has 0 aromatic heterocycles. The Bertz CT molecular complexity index is 664. The molecule has 0 saturated heterocycles. The molecule has 1 unspecified atom stereocenters. The SMILES string of the molecule is COc1c(Br)cc(Cl)cc1NC(C)c1cccc(Cl)c1Cl. The van der Waals surface area contributed by atoms with E-state index < -0.39 is 0 Å². The highest BCUT2D eigenvalue weighted by Gasteiger charge is 2.15. The average Bonchev–Trinajstić information content (AvgIpc) is 2.41. The molecule has 2 aromatic rings. The van der Waals surface area contributed by atoms with Crippen LogP contribution in [-0.2, 0) is 0 Å². The molecule has 0 aliphatic heterocycles. The van der Waals surface area contributed by atoms with E-state index in [1.54, 1.807) is 25.3 Å². The molecule has 6 heteroatoms. The standard InChI is InChI=1S/C15H13BrCl3NO/c1-8(10-4-3-5-12(18)14(10)19)20-13-7-9(17)6-11(16)15(13)21-2/h3-8,20H,1-2H3. The van der Waals surface area contributed by atoms with Crippen LogP contribution in [0.2, 0.25) is 15.1 Å². The molecular weight excluding hydrogens is 396 g/mol. The number of hydrogen-bond acceptors (Lipinski definition) is 2. The summed E-state index contributed by atoms with van der Waals surface area (Å²) in [6.07, 6.45) is 0. The van der Waals surface area contributed by atoms with Gasteiger partial charge in [0.2, 0.25) is 0 Å². The fraction of sp³-hybridized carbons (Fsp3) is 0.200. The molecule has 0 bridgehead atoms. The summed E-state index contributed by atoms with van der Waals surface area (Å²) in [4.78, 5) is 0. The summed E-state index contributed by atoms with van der Waals surface area (Å²) in [6, 6.07) is 9.08. The third-order valence-corrected chi connectivity index (χ3v) is 4.67. The van der Waals surface area contributed by atoms with E-state index >= 15 is 0 Å². The van der Waals surface area contributed by atoms with Gasteiger partial charge in [-0.2, -0.15) is 0 Å². The lowest BCUT2D eigenvalue weighted by molar-refractivity contribution is 0.413. The molecule has 1 N–H and O–H groups in total. The Labute approximate surface area is 147 Å². The number of halogens is 4. The summed E-state index contributed by atoms with van der Waals surface area (Å²) in [6.45, 7) is 1.99. The van der Waals surface area contributed by atoms with Crippen molar-refractivity contribution in [1.29, 1.82) is 0 Å². The molecule has 0 aliphatic rings. The molecule has 0 radical (unpaired) electrons. The Morgan fingerprint density at radius 1 is 1.19 bits per heavy atom. The van der Waals surface area contributed by atoms with Gasteiger partial charge >= 0.3 is 0 Å². The van der Waals surface area contributed by atoms with Crippen molar-refractivity contribution in [3.63, 3.8) is 0 Å². The summed E-state index contributed by atoms with van der Waals surface area (Å²) < 4.78 is 6.18. The second kappa shape index (κ2) is 7.10. The number of rotatable bonds is 4. The largest absolute Gasteiger partial charge is 0.493 e. The highest BCUT2D eigenvalue weighted by atomic mass is 79.9. The maximum atomic E-state index is 6.25. The van der Waals surface area contributed by atoms with Crippen molar-refractivity contribution in [3.8, 4) is 5.75 Å². The van der Waals surface area contributed by atoms with Crippen molar-refractivity contribution < 1.29 is 4.74 Å². The third kappa shape index (κ3) is 3.78. The summed E-state index contributed by atoms with van der Waals surface area (Å²) in [5, 5.41) is 5.02. The lowest BCUT2D eigenvalue weighted by Crippen LogP contribution is -2.08. The van der Waals surface area contributed by atoms with Gasteiger partial charge in [0.25, 0.3) is 0 Å². The summed E-state index contributed by atoms with van der Waals surface area (Å²) >= 11 is 21.8. The first-order valence-electron chi connectivity index (χ1n) is 6.17. The zero-order valence-corrected chi connectivity index (χ0v) is 15.2. The molecule has 0 spiro atoms. The Kier molecular flexibility index (Phi) is 5.67. The molecule has 2 nitrogen and oxygen atoms in total. The van der Waals surface area contributed by atoms with Crippen molar-refractivity contribution in [2.45, 2.75) is 13.0 Å². The fourth-order valence-corrected chi connectivity index (χ4v) is 3.48. The molecule has 0 heterocycles. The van der Waals surface area contributed by atoms with Gasteiger partial charge in [0.1, 0.15) is 0 Å². The van der Waals surface area contributed by atoms with Crippen molar-refractivity contribution in [2.75, 3.05) is 12.4 Å². The van der Waals surface area contributed by atoms with Crippen molar-refractivity contribution in [3.05, 3.63) is 55.4 Å². The zero-order chi connectivity index (χ0) is 15.6. The van der Waals surface area contributed by atoms with E-state index in [0.717, 1.165) is 15.7 Å². The van der Waals surface area contributed by atoms with Gasteiger partial charge in [0, 0.05) is 5.02 Å². The van der Waals surface area contributed by atoms with Crippen molar-refractivity contribution in [1.82, 2.24) is 0 Å². The second-order valence-electron chi connectivity index (χ2n) is 4.48. The van der Waals surface area contributed by atoms with Crippen LogP contribution >= 0.6 is 50.7 Å². The van der Waals surface area contributed by atoms with Crippen LogP contribution < -0.4 is 10.1 Å². The Balaban J connectivity index is 2.35. The molecule has 0 amide bonds. The zero-order valence-electron chi connectivity index (χ0n) is 11.4. The van der Waals surface area contributed by atoms with Gasteiger partial charge in [-0.1, -0.05) is 46.9 Å². The Hall–Kier alpha value is -0.610. The molecular formula is C15H13BrCl3NO. The van der Waals surface area contributed by atoms with Gasteiger partial charge in [-0.25, -0.2) is 0 Å². The van der Waals surface area contributed by atoms with E-state index in [9.17, 15) is 0 Å². The van der Waals surface area contributed by atoms with Gasteiger partial charge in [-0.15, -0.1) is 0 Å². The lowest BCUT2D eigenvalue weighted by Gasteiger charge is -2.20. The monoisotopic (exact) mass is 407 g/mol. The second-order valence-corrected chi connectivity index (χ2v) is 6.55. The normalized spacial score (nSPS) is 12.1. The summed E-state index contributed by atoms with van der Waals surface area (Å²) in [7, 11) is 1.61. The summed E-state index contributed by atoms with van der Waals surface area (Å²) in [5.41, 5.74) is 1.68. The quantitative estimate of drug-likeness (QED) is 0.615. The average molecular weight is 410 g/mol. The molecule has 0 saturated carbocycles. The van der Waals surface area contributed by atoms with Crippen LogP contribution in [0.1, 0.15) is 18.5 Å². The Morgan fingerprint density at radius 2 is 1.90 bits per heavy atom. The van der Waals surface area contributed by atoms with Crippen LogP contribution in [0.3, 0.4) is 0 Å². The van der Waals surface area contributed by atoms with Gasteiger partial charge in [0.15, 0.2) is 5.75 Å². The number of benzene rings is 2. The van der Waals surface area contributed by atoms with Crippen molar-refractivity contribution >= 4 is 56.4 Å². The van der Waals surface area contributed by atoms with E-state index in [1.165, 1.54) is 0 Å². The van der Waals surface area contributed by atoms with Crippen molar-refractivity contribution in [2.24, 2.45) is 0 Å². The minimum absolute atomic E-state index is 0.0598. The van der Waals surface area contributed by atoms with E-state index in [2.05, 4.69) is 21.2 Å². The van der Waals surface area contributed by atoms with Crippen LogP contribution in [0.5, 0.6) is 5.75 Å². The number of methoxy groups -OCH3 is 1. The van der Waals surface area contributed by atoms with Gasteiger partial charge in [-0.05, 0) is 46.6 Å². The van der Waals surface area contributed by atoms with Crippen LogP contribution in [0.15, 0.2) is 34.8 Å². The topological polar surface area (TPSA) is 21.3 Å². The fourth-order valence-electron chi connectivity index (χ4n) is 2.04. The van der Waals surface area contributed by atoms with E-state index in [0.29, 0.717) is 20.8 Å². The number of anilines is 1. The minimum Gasteiger partial charge on any atom is -0.493 e. The van der Waals surface area contributed by atoms with Crippen LogP contribution in [-0.4, -0.2) is 7.11 Å². The van der Waals surface area contributed by atoms with E-state index in [1.807, 2.05) is 19.1 Å². The molecule has 112 valence electrons. The summed E-state index contributed by atoms with van der Waals surface area (Å²) in [5.74, 6) is 0.685.